The third kappa shape index (κ3) is 6.66. The van der Waals surface area contributed by atoms with Crippen LogP contribution in [-0.4, -0.2) is 35.3 Å². The molecule has 0 radical (unpaired) electrons. The zero-order valence-electron chi connectivity index (χ0n) is 16.4. The van der Waals surface area contributed by atoms with E-state index in [1.54, 1.807) is 18.7 Å². The van der Waals surface area contributed by atoms with Crippen LogP contribution in [0.2, 0.25) is 0 Å². The van der Waals surface area contributed by atoms with Gasteiger partial charge < -0.3 is 16.0 Å². The molecule has 3 N–H and O–H groups in total. The van der Waals surface area contributed by atoms with Crippen LogP contribution in [0, 0.1) is 5.92 Å². The van der Waals surface area contributed by atoms with Crippen molar-refractivity contribution in [3.05, 3.63) is 29.3 Å². The number of rotatable bonds is 6. The topological polar surface area (TPSA) is 75.4 Å². The molecule has 2 amide bonds. The quantitative estimate of drug-likeness (QED) is 0.688. The number of carbonyl (C=O) groups excluding carboxylic acids is 2. The molecule has 1 fully saturated rings. The van der Waals surface area contributed by atoms with Crippen LogP contribution in [0.25, 0.3) is 0 Å². The predicted molar refractivity (Wildman–Crippen MR) is 97.2 cm³/mol. The summed E-state index contributed by atoms with van der Waals surface area (Å²) in [4.78, 5) is 25.7. The van der Waals surface area contributed by atoms with Crippen LogP contribution in [0.4, 0.5) is 27.6 Å². The van der Waals surface area contributed by atoms with Gasteiger partial charge in [-0.2, -0.15) is 13.2 Å². The minimum Gasteiger partial charge on any atom is -0.342 e. The Balaban J connectivity index is 1.99. The summed E-state index contributed by atoms with van der Waals surface area (Å²) in [5.41, 5.74) is 2.69. The Morgan fingerprint density at radius 1 is 1.07 bits per heavy atom. The summed E-state index contributed by atoms with van der Waals surface area (Å²) < 4.78 is 66.0. The number of carbonyl (C=O) groups is 2. The average Bonchev–Trinajstić information content (AvgIpc) is 2.46. The molecule has 0 saturated carbocycles. The number of benzene rings is 1. The molecule has 1 aliphatic heterocycles. The second-order valence-corrected chi connectivity index (χ2v) is 8.27. The van der Waals surface area contributed by atoms with E-state index in [2.05, 4.69) is 5.32 Å². The molecule has 2 rings (SSSR count). The smallest absolute Gasteiger partial charge is 0.342 e. The van der Waals surface area contributed by atoms with Crippen LogP contribution in [0.1, 0.15) is 44.7 Å². The first kappa shape index (κ1) is 23.1. The molecule has 1 saturated heterocycles. The van der Waals surface area contributed by atoms with Gasteiger partial charge in [-0.05, 0) is 32.0 Å². The predicted octanol–water partition coefficient (Wildman–Crippen LogP) is 3.73. The molecule has 0 bridgehead atoms. The van der Waals surface area contributed by atoms with Crippen LogP contribution in [0.5, 0.6) is 0 Å². The van der Waals surface area contributed by atoms with E-state index in [0.717, 1.165) is 6.07 Å². The van der Waals surface area contributed by atoms with Gasteiger partial charge in [0, 0.05) is 55.6 Å². The van der Waals surface area contributed by atoms with Crippen LogP contribution in [0.3, 0.4) is 0 Å². The lowest BCUT2D eigenvalue weighted by Gasteiger charge is -2.40. The lowest BCUT2D eigenvalue weighted by molar-refractivity contribution is -0.140. The Morgan fingerprint density at radius 2 is 1.62 bits per heavy atom. The second-order valence-electron chi connectivity index (χ2n) is 8.27. The largest absolute Gasteiger partial charge is 0.416 e. The highest BCUT2D eigenvalue weighted by atomic mass is 19.4. The molecular weight excluding hydrogens is 397 g/mol. The molecule has 5 nitrogen and oxygen atoms in total. The number of alkyl halides is 5. The van der Waals surface area contributed by atoms with Crippen LogP contribution in [0.15, 0.2) is 18.2 Å². The second kappa shape index (κ2) is 7.89. The molecule has 0 atom stereocenters. The summed E-state index contributed by atoms with van der Waals surface area (Å²) in [6.07, 6.45) is -4.71. The van der Waals surface area contributed by atoms with E-state index in [9.17, 15) is 31.5 Å². The van der Waals surface area contributed by atoms with Crippen molar-refractivity contribution in [2.75, 3.05) is 18.4 Å². The number of anilines is 1. The summed E-state index contributed by atoms with van der Waals surface area (Å²) in [6.45, 7) is 4.60. The maximum atomic E-state index is 13.5. The van der Waals surface area contributed by atoms with Crippen molar-refractivity contribution in [3.8, 4) is 0 Å². The van der Waals surface area contributed by atoms with Crippen LogP contribution < -0.4 is 11.1 Å². The Labute approximate surface area is 165 Å². The molecule has 162 valence electrons. The average molecular weight is 421 g/mol. The van der Waals surface area contributed by atoms with Gasteiger partial charge in [-0.3, -0.25) is 9.59 Å². The molecule has 1 aromatic carbocycles. The monoisotopic (exact) mass is 421 g/mol. The number of hydrogen-bond donors (Lipinski definition) is 2. The molecule has 29 heavy (non-hydrogen) atoms. The molecule has 1 heterocycles. The fraction of sp³-hybridized carbons (Fsp3) is 0.579. The number of halogens is 5. The SMILES string of the molecule is CC(C)(N)CC(=O)N1CC(CC(=O)Nc2cc(C(C)(F)F)cc(C(F)(F)F)c2)C1. The fourth-order valence-electron chi connectivity index (χ4n) is 3.00. The number of likely N-dealkylation sites (tertiary alicyclic amines) is 1. The standard InChI is InChI=1S/C19H24F5N3O2/c1-17(2,25)8-16(29)27-9-11(10-27)4-15(28)26-14-6-12(18(3,20)21)5-13(7-14)19(22,23)24/h5-7,11H,4,8-10,25H2,1-3H3,(H,26,28). The van der Waals surface area contributed by atoms with Gasteiger partial charge in [0.25, 0.3) is 5.92 Å². The number of nitrogens with one attached hydrogen (secondary N) is 1. The lowest BCUT2D eigenvalue weighted by atomic mass is 9.93. The van der Waals surface area contributed by atoms with Crippen molar-refractivity contribution in [1.29, 1.82) is 0 Å². The highest BCUT2D eigenvalue weighted by molar-refractivity contribution is 5.91. The maximum Gasteiger partial charge on any atom is 0.416 e. The van der Waals surface area contributed by atoms with E-state index in [0.29, 0.717) is 32.1 Å². The van der Waals surface area contributed by atoms with Gasteiger partial charge in [-0.1, -0.05) is 0 Å². The summed E-state index contributed by atoms with van der Waals surface area (Å²) >= 11 is 0. The number of hydrogen-bond acceptors (Lipinski definition) is 3. The van der Waals surface area contributed by atoms with E-state index < -0.39 is 34.7 Å². The first-order valence-electron chi connectivity index (χ1n) is 9.02. The van der Waals surface area contributed by atoms with E-state index in [1.165, 1.54) is 0 Å². The van der Waals surface area contributed by atoms with Crippen LogP contribution in [-0.2, 0) is 21.7 Å². The van der Waals surface area contributed by atoms with Gasteiger partial charge in [0.2, 0.25) is 11.8 Å². The van der Waals surface area contributed by atoms with Crippen molar-refractivity contribution < 1.29 is 31.5 Å². The number of nitrogens with two attached hydrogens (primary N) is 1. The molecule has 0 aliphatic carbocycles. The first-order chi connectivity index (χ1) is 13.0. The molecule has 0 unspecified atom stereocenters. The Kier molecular flexibility index (Phi) is 6.27. The molecule has 0 aromatic heterocycles. The normalized spacial score (nSPS) is 15.8. The Morgan fingerprint density at radius 3 is 2.10 bits per heavy atom. The lowest BCUT2D eigenvalue weighted by Crippen LogP contribution is -2.53. The van der Waals surface area contributed by atoms with Gasteiger partial charge in [0.05, 0.1) is 5.56 Å². The maximum absolute atomic E-state index is 13.5. The van der Waals surface area contributed by atoms with E-state index >= 15 is 0 Å². The molecular formula is C19H24F5N3O2. The van der Waals surface area contributed by atoms with Crippen molar-refractivity contribution in [3.63, 3.8) is 0 Å². The third-order valence-corrected chi connectivity index (χ3v) is 4.44. The van der Waals surface area contributed by atoms with Crippen molar-refractivity contribution in [2.24, 2.45) is 11.7 Å². The van der Waals surface area contributed by atoms with Gasteiger partial charge in [-0.25, -0.2) is 8.78 Å². The van der Waals surface area contributed by atoms with Gasteiger partial charge in [-0.15, -0.1) is 0 Å². The van der Waals surface area contributed by atoms with E-state index in [-0.39, 0.29) is 30.4 Å². The molecule has 1 aromatic rings. The van der Waals surface area contributed by atoms with Crippen molar-refractivity contribution in [1.82, 2.24) is 4.90 Å². The van der Waals surface area contributed by atoms with Crippen molar-refractivity contribution >= 4 is 17.5 Å². The Hall–Kier alpha value is -2.23. The summed E-state index contributed by atoms with van der Waals surface area (Å²) in [5, 5.41) is 2.25. The first-order valence-corrected chi connectivity index (χ1v) is 9.02. The zero-order valence-corrected chi connectivity index (χ0v) is 16.4. The molecule has 0 spiro atoms. The Bertz CT molecular complexity index is 743. The molecule has 1 aliphatic rings. The molecule has 10 heteroatoms. The van der Waals surface area contributed by atoms with Crippen LogP contribution >= 0.6 is 0 Å². The summed E-state index contributed by atoms with van der Waals surface area (Å²) in [7, 11) is 0. The van der Waals surface area contributed by atoms with Crippen molar-refractivity contribution in [2.45, 2.75) is 51.3 Å². The number of amides is 2. The minimum atomic E-state index is -4.83. The number of nitrogens with zero attached hydrogens (tertiary/aromatic N) is 1. The van der Waals surface area contributed by atoms with Gasteiger partial charge >= 0.3 is 6.18 Å². The fourth-order valence-corrected chi connectivity index (χ4v) is 3.00. The summed E-state index contributed by atoms with van der Waals surface area (Å²) in [6, 6.07) is 1.81. The third-order valence-electron chi connectivity index (χ3n) is 4.44. The summed E-state index contributed by atoms with van der Waals surface area (Å²) in [5.74, 6) is -4.39. The highest BCUT2D eigenvalue weighted by Gasteiger charge is 2.36. The van der Waals surface area contributed by atoms with Gasteiger partial charge in [0.15, 0.2) is 0 Å². The zero-order chi connectivity index (χ0) is 22.2. The minimum absolute atomic E-state index is 0.0378. The highest BCUT2D eigenvalue weighted by Crippen LogP contribution is 2.36. The van der Waals surface area contributed by atoms with E-state index in [4.69, 9.17) is 5.73 Å². The van der Waals surface area contributed by atoms with Gasteiger partial charge in [0.1, 0.15) is 0 Å². The van der Waals surface area contributed by atoms with E-state index in [1.807, 2.05) is 0 Å².